The van der Waals surface area contributed by atoms with Crippen LogP contribution in [0.25, 0.3) is 0 Å². The highest BCUT2D eigenvalue weighted by Gasteiger charge is 2.35. The van der Waals surface area contributed by atoms with E-state index >= 15 is 0 Å². The number of carboxylic acid groups (broad SMARTS) is 1. The third-order valence-electron chi connectivity index (χ3n) is 3.87. The summed E-state index contributed by atoms with van der Waals surface area (Å²) in [6.45, 7) is 1.41. The summed E-state index contributed by atoms with van der Waals surface area (Å²) in [6.07, 6.45) is 2.85. The lowest BCUT2D eigenvalue weighted by atomic mass is 9.78. The van der Waals surface area contributed by atoms with Gasteiger partial charge in [0.05, 0.1) is 11.8 Å². The van der Waals surface area contributed by atoms with E-state index in [2.05, 4.69) is 10.6 Å². The predicted octanol–water partition coefficient (Wildman–Crippen LogP) is 2.47. The lowest BCUT2D eigenvalue weighted by Gasteiger charge is -2.27. The molecule has 1 aliphatic carbocycles. The van der Waals surface area contributed by atoms with Crippen LogP contribution in [0.4, 0.5) is 11.4 Å². The van der Waals surface area contributed by atoms with E-state index in [4.69, 9.17) is 0 Å². The molecule has 0 bridgehead atoms. The fraction of sp³-hybridized carbons (Fsp3) is 0.438. The Balaban J connectivity index is 2.07. The van der Waals surface area contributed by atoms with E-state index in [1.807, 2.05) is 0 Å². The standard InChI is InChI=1S/C16H20N2O4/c1-10(19)17-11-5-4-6-12(9-11)18-15(20)13-7-2-3-8-14(13)16(21)22/h4-6,9,13-14H,2-3,7-8H2,1H3,(H,17,19)(H,18,20)(H,21,22)/t13-,14-/m0/s1. The Labute approximate surface area is 128 Å². The molecular formula is C16H20N2O4. The summed E-state index contributed by atoms with van der Waals surface area (Å²) in [5.74, 6) is -2.50. The minimum Gasteiger partial charge on any atom is -0.481 e. The van der Waals surface area contributed by atoms with E-state index in [0.717, 1.165) is 12.8 Å². The summed E-state index contributed by atoms with van der Waals surface area (Å²) in [4.78, 5) is 34.7. The van der Waals surface area contributed by atoms with Gasteiger partial charge in [-0.3, -0.25) is 14.4 Å². The molecule has 1 aliphatic rings. The number of carboxylic acids is 1. The quantitative estimate of drug-likeness (QED) is 0.796. The fourth-order valence-corrected chi connectivity index (χ4v) is 2.85. The molecule has 0 heterocycles. The molecule has 2 atom stereocenters. The lowest BCUT2D eigenvalue weighted by Crippen LogP contribution is -2.36. The normalized spacial score (nSPS) is 21.0. The molecule has 0 saturated heterocycles. The summed E-state index contributed by atoms with van der Waals surface area (Å²) < 4.78 is 0. The van der Waals surface area contributed by atoms with Crippen molar-refractivity contribution in [2.75, 3.05) is 10.6 Å². The first-order chi connectivity index (χ1) is 10.5. The van der Waals surface area contributed by atoms with Gasteiger partial charge in [-0.05, 0) is 31.0 Å². The first-order valence-electron chi connectivity index (χ1n) is 7.38. The summed E-state index contributed by atoms with van der Waals surface area (Å²) >= 11 is 0. The highest BCUT2D eigenvalue weighted by Crippen LogP contribution is 2.31. The van der Waals surface area contributed by atoms with Crippen LogP contribution >= 0.6 is 0 Å². The van der Waals surface area contributed by atoms with Crippen molar-refractivity contribution < 1.29 is 19.5 Å². The Bertz CT molecular complexity index is 585. The zero-order chi connectivity index (χ0) is 16.1. The average molecular weight is 304 g/mol. The first kappa shape index (κ1) is 16.0. The second-order valence-corrected chi connectivity index (χ2v) is 5.59. The number of nitrogens with one attached hydrogen (secondary N) is 2. The van der Waals surface area contributed by atoms with Crippen LogP contribution < -0.4 is 10.6 Å². The number of anilines is 2. The van der Waals surface area contributed by atoms with Gasteiger partial charge in [0.25, 0.3) is 0 Å². The van der Waals surface area contributed by atoms with Crippen LogP contribution in [0.15, 0.2) is 24.3 Å². The van der Waals surface area contributed by atoms with Gasteiger partial charge in [0.1, 0.15) is 0 Å². The molecule has 0 aromatic heterocycles. The molecule has 0 unspecified atom stereocenters. The van der Waals surface area contributed by atoms with Crippen LogP contribution in [0.2, 0.25) is 0 Å². The molecule has 0 radical (unpaired) electrons. The molecule has 6 nitrogen and oxygen atoms in total. The number of aliphatic carboxylic acids is 1. The summed E-state index contributed by atoms with van der Waals surface area (Å²) in [5.41, 5.74) is 1.13. The van der Waals surface area contributed by atoms with Gasteiger partial charge in [-0.1, -0.05) is 18.9 Å². The Morgan fingerprint density at radius 2 is 1.64 bits per heavy atom. The Morgan fingerprint density at radius 3 is 2.23 bits per heavy atom. The number of carbonyl (C=O) groups excluding carboxylic acids is 2. The minimum absolute atomic E-state index is 0.193. The van der Waals surface area contributed by atoms with Crippen LogP contribution in [-0.4, -0.2) is 22.9 Å². The van der Waals surface area contributed by atoms with E-state index in [0.29, 0.717) is 24.2 Å². The van der Waals surface area contributed by atoms with Crippen molar-refractivity contribution in [1.29, 1.82) is 0 Å². The van der Waals surface area contributed by atoms with E-state index in [-0.39, 0.29) is 11.8 Å². The zero-order valence-electron chi connectivity index (χ0n) is 12.5. The summed E-state index contributed by atoms with van der Waals surface area (Å²) in [7, 11) is 0. The number of amides is 2. The van der Waals surface area contributed by atoms with Crippen molar-refractivity contribution in [3.63, 3.8) is 0 Å². The Kier molecular flexibility index (Phi) is 5.14. The summed E-state index contributed by atoms with van der Waals surface area (Å²) in [5, 5.41) is 14.6. The number of rotatable bonds is 4. The molecule has 118 valence electrons. The van der Waals surface area contributed by atoms with E-state index in [9.17, 15) is 19.5 Å². The molecule has 0 aliphatic heterocycles. The van der Waals surface area contributed by atoms with Crippen molar-refractivity contribution in [2.24, 2.45) is 11.8 Å². The lowest BCUT2D eigenvalue weighted by molar-refractivity contribution is -0.147. The maximum Gasteiger partial charge on any atom is 0.307 e. The monoisotopic (exact) mass is 304 g/mol. The van der Waals surface area contributed by atoms with Gasteiger partial charge in [0, 0.05) is 18.3 Å². The second kappa shape index (κ2) is 7.06. The molecule has 6 heteroatoms. The van der Waals surface area contributed by atoms with Crippen molar-refractivity contribution >= 4 is 29.2 Å². The number of hydrogen-bond acceptors (Lipinski definition) is 3. The SMILES string of the molecule is CC(=O)Nc1cccc(NC(=O)[C@H]2CCCC[C@@H]2C(=O)O)c1. The topological polar surface area (TPSA) is 95.5 Å². The highest BCUT2D eigenvalue weighted by atomic mass is 16.4. The molecule has 22 heavy (non-hydrogen) atoms. The van der Waals surface area contributed by atoms with E-state index < -0.39 is 17.8 Å². The molecule has 1 aromatic rings. The first-order valence-corrected chi connectivity index (χ1v) is 7.38. The largest absolute Gasteiger partial charge is 0.481 e. The molecule has 1 aromatic carbocycles. The predicted molar refractivity (Wildman–Crippen MR) is 82.5 cm³/mol. The maximum absolute atomic E-state index is 12.4. The molecule has 2 amide bonds. The molecule has 0 spiro atoms. The maximum atomic E-state index is 12.4. The molecule has 1 fully saturated rings. The second-order valence-electron chi connectivity index (χ2n) is 5.59. The third kappa shape index (κ3) is 4.07. The van der Waals surface area contributed by atoms with Crippen molar-refractivity contribution in [1.82, 2.24) is 0 Å². The van der Waals surface area contributed by atoms with Crippen LogP contribution in [0, 0.1) is 11.8 Å². The van der Waals surface area contributed by atoms with Gasteiger partial charge >= 0.3 is 5.97 Å². The van der Waals surface area contributed by atoms with E-state index in [1.54, 1.807) is 24.3 Å². The number of hydrogen-bond donors (Lipinski definition) is 3. The van der Waals surface area contributed by atoms with Gasteiger partial charge < -0.3 is 15.7 Å². The van der Waals surface area contributed by atoms with E-state index in [1.165, 1.54) is 6.92 Å². The van der Waals surface area contributed by atoms with Gasteiger partial charge in [0.15, 0.2) is 0 Å². The Morgan fingerprint density at radius 1 is 1.05 bits per heavy atom. The number of carbonyl (C=O) groups is 3. The van der Waals surface area contributed by atoms with Crippen LogP contribution in [0.1, 0.15) is 32.6 Å². The zero-order valence-corrected chi connectivity index (χ0v) is 12.5. The van der Waals surface area contributed by atoms with Crippen LogP contribution in [-0.2, 0) is 14.4 Å². The average Bonchev–Trinajstić information content (AvgIpc) is 2.46. The molecule has 2 rings (SSSR count). The van der Waals surface area contributed by atoms with Crippen molar-refractivity contribution in [3.8, 4) is 0 Å². The van der Waals surface area contributed by atoms with Crippen molar-refractivity contribution in [2.45, 2.75) is 32.6 Å². The third-order valence-corrected chi connectivity index (χ3v) is 3.87. The molecule has 3 N–H and O–H groups in total. The fourth-order valence-electron chi connectivity index (χ4n) is 2.85. The molecular weight excluding hydrogens is 284 g/mol. The van der Waals surface area contributed by atoms with Crippen LogP contribution in [0.5, 0.6) is 0 Å². The van der Waals surface area contributed by atoms with Gasteiger partial charge in [-0.25, -0.2) is 0 Å². The summed E-state index contributed by atoms with van der Waals surface area (Å²) in [6, 6.07) is 6.80. The minimum atomic E-state index is -0.910. The van der Waals surface area contributed by atoms with Gasteiger partial charge in [-0.2, -0.15) is 0 Å². The highest BCUT2D eigenvalue weighted by molar-refractivity contribution is 5.96. The van der Waals surface area contributed by atoms with Gasteiger partial charge in [-0.15, -0.1) is 0 Å². The molecule has 1 saturated carbocycles. The smallest absolute Gasteiger partial charge is 0.307 e. The van der Waals surface area contributed by atoms with Crippen molar-refractivity contribution in [3.05, 3.63) is 24.3 Å². The van der Waals surface area contributed by atoms with Gasteiger partial charge in [0.2, 0.25) is 11.8 Å². The number of benzene rings is 1. The van der Waals surface area contributed by atoms with Crippen LogP contribution in [0.3, 0.4) is 0 Å². The Hall–Kier alpha value is -2.37.